The van der Waals surface area contributed by atoms with Gasteiger partial charge in [-0.15, -0.1) is 0 Å². The Balaban J connectivity index is 2.09. The van der Waals surface area contributed by atoms with Crippen LogP contribution < -0.4 is 4.74 Å². The molecule has 1 aliphatic carbocycles. The molecule has 3 heteroatoms. The summed E-state index contributed by atoms with van der Waals surface area (Å²) in [5, 5.41) is 20.0. The van der Waals surface area contributed by atoms with E-state index in [0.29, 0.717) is 18.9 Å². The van der Waals surface area contributed by atoms with Crippen molar-refractivity contribution in [3.63, 3.8) is 0 Å². The molecule has 17 heavy (non-hydrogen) atoms. The summed E-state index contributed by atoms with van der Waals surface area (Å²) in [4.78, 5) is 0. The van der Waals surface area contributed by atoms with E-state index in [4.69, 9.17) is 4.74 Å². The third-order valence-corrected chi connectivity index (χ3v) is 3.89. The van der Waals surface area contributed by atoms with Crippen molar-refractivity contribution in [2.75, 3.05) is 6.61 Å². The number of nitrogens with zero attached hydrogens (tertiary/aromatic N) is 1. The minimum Gasteiger partial charge on any atom is -0.493 e. The Labute approximate surface area is 101 Å². The van der Waals surface area contributed by atoms with Gasteiger partial charge in [0.15, 0.2) is 0 Å². The second kappa shape index (κ2) is 3.75. The highest BCUT2D eigenvalue weighted by Gasteiger charge is 2.50. The Morgan fingerprint density at radius 2 is 2.18 bits per heavy atom. The minimum absolute atomic E-state index is 0.292. The summed E-state index contributed by atoms with van der Waals surface area (Å²) in [6, 6.07) is 9.95. The first-order chi connectivity index (χ1) is 8.28. The van der Waals surface area contributed by atoms with E-state index in [1.807, 2.05) is 24.3 Å². The second-order valence-electron chi connectivity index (χ2n) is 4.96. The van der Waals surface area contributed by atoms with Crippen LogP contribution in [0.15, 0.2) is 24.3 Å². The summed E-state index contributed by atoms with van der Waals surface area (Å²) >= 11 is 0. The minimum atomic E-state index is -0.768. The molecular formula is C14H15NO2. The van der Waals surface area contributed by atoms with Crippen molar-refractivity contribution in [2.24, 2.45) is 5.92 Å². The van der Waals surface area contributed by atoms with E-state index in [9.17, 15) is 10.4 Å². The standard InChI is InChI=1S/C14H15NO2/c15-9-14(13(16)10-5-6-10)7-8-17-12-4-2-1-3-11(12)14/h1-4,10,13,16H,5-8H2. The van der Waals surface area contributed by atoms with E-state index in [1.165, 1.54) is 0 Å². The normalized spacial score (nSPS) is 28.7. The Bertz CT molecular complexity index is 475. The van der Waals surface area contributed by atoms with E-state index < -0.39 is 11.5 Å². The largest absolute Gasteiger partial charge is 0.493 e. The Morgan fingerprint density at radius 1 is 1.41 bits per heavy atom. The van der Waals surface area contributed by atoms with Gasteiger partial charge < -0.3 is 9.84 Å². The lowest BCUT2D eigenvalue weighted by atomic mass is 9.71. The SMILES string of the molecule is N#CC1(C(O)C2CC2)CCOc2ccccc21. The lowest BCUT2D eigenvalue weighted by Gasteiger charge is -2.36. The predicted molar refractivity (Wildman–Crippen MR) is 62.6 cm³/mol. The first-order valence-corrected chi connectivity index (χ1v) is 6.09. The molecule has 0 spiro atoms. The van der Waals surface area contributed by atoms with Gasteiger partial charge in [0.25, 0.3) is 0 Å². The molecule has 88 valence electrons. The van der Waals surface area contributed by atoms with Crippen molar-refractivity contribution in [1.82, 2.24) is 0 Å². The molecule has 1 aliphatic heterocycles. The highest BCUT2D eigenvalue weighted by Crippen LogP contribution is 2.47. The van der Waals surface area contributed by atoms with Crippen LogP contribution in [0.1, 0.15) is 24.8 Å². The molecule has 3 rings (SSSR count). The van der Waals surface area contributed by atoms with E-state index in [2.05, 4.69) is 6.07 Å². The summed E-state index contributed by atoms with van der Waals surface area (Å²) in [5.74, 6) is 1.04. The summed E-state index contributed by atoms with van der Waals surface area (Å²) < 4.78 is 5.57. The molecule has 1 fully saturated rings. The van der Waals surface area contributed by atoms with Crippen molar-refractivity contribution in [3.05, 3.63) is 29.8 Å². The van der Waals surface area contributed by atoms with Crippen LogP contribution >= 0.6 is 0 Å². The van der Waals surface area contributed by atoms with Gasteiger partial charge in [0, 0.05) is 12.0 Å². The number of hydrogen-bond acceptors (Lipinski definition) is 3. The summed E-state index contributed by atoms with van der Waals surface area (Å²) in [6.45, 7) is 0.508. The quantitative estimate of drug-likeness (QED) is 0.843. The number of fused-ring (bicyclic) bond motifs is 1. The topological polar surface area (TPSA) is 53.2 Å². The van der Waals surface area contributed by atoms with Crippen LogP contribution in [0.25, 0.3) is 0 Å². The molecule has 1 saturated carbocycles. The number of hydrogen-bond donors (Lipinski definition) is 1. The lowest BCUT2D eigenvalue weighted by Crippen LogP contribution is -2.43. The van der Waals surface area contributed by atoms with Gasteiger partial charge in [-0.2, -0.15) is 5.26 Å². The molecule has 3 nitrogen and oxygen atoms in total. The molecule has 1 N–H and O–H groups in total. The van der Waals surface area contributed by atoms with Crippen LogP contribution in [0.3, 0.4) is 0 Å². The second-order valence-corrected chi connectivity index (χ2v) is 4.96. The van der Waals surface area contributed by atoms with E-state index in [0.717, 1.165) is 24.2 Å². The number of aliphatic hydroxyl groups is 1. The summed E-state index contributed by atoms with van der Waals surface area (Å²) in [7, 11) is 0. The maximum absolute atomic E-state index is 10.4. The highest BCUT2D eigenvalue weighted by atomic mass is 16.5. The average Bonchev–Trinajstić information content (AvgIpc) is 3.21. The smallest absolute Gasteiger partial charge is 0.124 e. The molecule has 2 aliphatic rings. The molecule has 2 atom stereocenters. The third-order valence-electron chi connectivity index (χ3n) is 3.89. The Hall–Kier alpha value is -1.53. The van der Waals surface area contributed by atoms with Gasteiger partial charge in [0.05, 0.1) is 18.8 Å². The van der Waals surface area contributed by atoms with Crippen molar-refractivity contribution >= 4 is 0 Å². The number of rotatable bonds is 2. The molecule has 1 aromatic carbocycles. The number of benzene rings is 1. The fourth-order valence-corrected chi connectivity index (χ4v) is 2.72. The summed E-state index contributed by atoms with van der Waals surface area (Å²) in [6.07, 6.45) is 2.09. The fourth-order valence-electron chi connectivity index (χ4n) is 2.72. The average molecular weight is 229 g/mol. The van der Waals surface area contributed by atoms with E-state index in [1.54, 1.807) is 0 Å². The third kappa shape index (κ3) is 1.52. The van der Waals surface area contributed by atoms with E-state index in [-0.39, 0.29) is 0 Å². The number of para-hydroxylation sites is 1. The first kappa shape index (κ1) is 10.6. The van der Waals surface area contributed by atoms with Crippen molar-refractivity contribution in [3.8, 4) is 11.8 Å². The zero-order valence-corrected chi connectivity index (χ0v) is 9.60. The van der Waals surface area contributed by atoms with Crippen molar-refractivity contribution in [1.29, 1.82) is 5.26 Å². The van der Waals surface area contributed by atoms with Crippen molar-refractivity contribution < 1.29 is 9.84 Å². The van der Waals surface area contributed by atoms with Gasteiger partial charge in [0.2, 0.25) is 0 Å². The van der Waals surface area contributed by atoms with Gasteiger partial charge in [0.1, 0.15) is 11.2 Å². The van der Waals surface area contributed by atoms with Gasteiger partial charge in [-0.05, 0) is 24.8 Å². The van der Waals surface area contributed by atoms with Crippen molar-refractivity contribution in [2.45, 2.75) is 30.8 Å². The molecule has 0 radical (unpaired) electrons. The molecule has 1 heterocycles. The van der Waals surface area contributed by atoms with Crippen LogP contribution in [-0.2, 0) is 5.41 Å². The molecule has 1 aromatic rings. The molecule has 2 unspecified atom stereocenters. The lowest BCUT2D eigenvalue weighted by molar-refractivity contribution is 0.0634. The zero-order chi connectivity index (χ0) is 11.9. The first-order valence-electron chi connectivity index (χ1n) is 6.09. The van der Waals surface area contributed by atoms with Crippen LogP contribution in [-0.4, -0.2) is 17.8 Å². The Morgan fingerprint density at radius 3 is 2.88 bits per heavy atom. The maximum Gasteiger partial charge on any atom is 0.124 e. The van der Waals surface area contributed by atoms with Gasteiger partial charge in [-0.25, -0.2) is 0 Å². The van der Waals surface area contributed by atoms with Gasteiger partial charge >= 0.3 is 0 Å². The molecule has 0 amide bonds. The molecule has 0 saturated heterocycles. The monoisotopic (exact) mass is 229 g/mol. The van der Waals surface area contributed by atoms with Gasteiger partial charge in [-0.1, -0.05) is 18.2 Å². The highest BCUT2D eigenvalue weighted by molar-refractivity contribution is 5.47. The van der Waals surface area contributed by atoms with Crippen LogP contribution in [0.5, 0.6) is 5.75 Å². The maximum atomic E-state index is 10.4. The molecular weight excluding hydrogens is 214 g/mol. The number of aliphatic hydroxyl groups excluding tert-OH is 1. The number of ether oxygens (including phenoxy) is 1. The van der Waals surface area contributed by atoms with Crippen LogP contribution in [0.2, 0.25) is 0 Å². The van der Waals surface area contributed by atoms with E-state index >= 15 is 0 Å². The predicted octanol–water partition coefficient (Wildman–Crippen LogP) is 2.00. The fraction of sp³-hybridized carbons (Fsp3) is 0.500. The zero-order valence-electron chi connectivity index (χ0n) is 9.60. The van der Waals surface area contributed by atoms with Gasteiger partial charge in [-0.3, -0.25) is 0 Å². The van der Waals surface area contributed by atoms with Crippen LogP contribution in [0.4, 0.5) is 0 Å². The number of nitriles is 1. The molecule has 0 bridgehead atoms. The summed E-state index contributed by atoms with van der Waals surface area (Å²) in [5.41, 5.74) is 0.0869. The molecule has 0 aromatic heterocycles. The van der Waals surface area contributed by atoms with Crippen LogP contribution in [0, 0.1) is 17.2 Å². The Kier molecular flexibility index (Phi) is 2.34.